The van der Waals surface area contributed by atoms with E-state index in [-0.39, 0.29) is 0 Å². The van der Waals surface area contributed by atoms with Gasteiger partial charge >= 0.3 is 0 Å². The molecule has 1 aromatic carbocycles. The molecule has 0 radical (unpaired) electrons. The maximum atomic E-state index is 9.62. The highest BCUT2D eigenvalue weighted by atomic mass is 32.1. The molecule has 6 rings (SSSR count). The van der Waals surface area contributed by atoms with Crippen molar-refractivity contribution in [2.75, 3.05) is 62.3 Å². The molecule has 0 atom stereocenters. The zero-order valence-electron chi connectivity index (χ0n) is 18.9. The fraction of sp³-hybridized carbons (Fsp3) is 0.360. The summed E-state index contributed by atoms with van der Waals surface area (Å²) in [4.78, 5) is 19.7. The number of aromatic hydroxyl groups is 1. The van der Waals surface area contributed by atoms with Crippen LogP contribution in [-0.2, 0) is 11.3 Å². The molecule has 0 spiro atoms. The highest BCUT2D eigenvalue weighted by Crippen LogP contribution is 2.40. The van der Waals surface area contributed by atoms with Crippen LogP contribution >= 0.6 is 22.7 Å². The standard InChI is InChI=1S/C25H27N5O2S2/c31-19-5-3-18(4-6-19)29-7-9-30(10-8-29)24-23-20(21-2-1-15-33-21)17-34-25(23)27-22(26-24)16-28-11-13-32-14-12-28/h1-6,15,17,31H,7-14,16H2. The van der Waals surface area contributed by atoms with E-state index in [0.717, 1.165) is 81.2 Å². The van der Waals surface area contributed by atoms with Crippen LogP contribution in [0.5, 0.6) is 5.75 Å². The molecule has 7 nitrogen and oxygen atoms in total. The molecule has 0 unspecified atom stereocenters. The quantitative estimate of drug-likeness (QED) is 0.445. The zero-order chi connectivity index (χ0) is 22.9. The van der Waals surface area contributed by atoms with E-state index in [1.165, 1.54) is 15.8 Å². The van der Waals surface area contributed by atoms with Gasteiger partial charge in [-0.3, -0.25) is 4.90 Å². The molecule has 2 fully saturated rings. The first-order chi connectivity index (χ1) is 16.7. The average Bonchev–Trinajstić information content (AvgIpc) is 3.55. The molecule has 4 aromatic rings. The normalized spacial score (nSPS) is 17.5. The summed E-state index contributed by atoms with van der Waals surface area (Å²) in [5, 5.41) is 15.2. The minimum atomic E-state index is 0.303. The average molecular weight is 494 g/mol. The molecule has 0 saturated carbocycles. The fourth-order valence-electron chi connectivity index (χ4n) is 4.68. The minimum absolute atomic E-state index is 0.303. The zero-order valence-corrected chi connectivity index (χ0v) is 20.5. The maximum Gasteiger partial charge on any atom is 0.146 e. The van der Waals surface area contributed by atoms with Crippen molar-refractivity contribution in [2.45, 2.75) is 6.54 Å². The third-order valence-electron chi connectivity index (χ3n) is 6.51. The highest BCUT2D eigenvalue weighted by Gasteiger charge is 2.25. The minimum Gasteiger partial charge on any atom is -0.508 e. The Balaban J connectivity index is 1.32. The van der Waals surface area contributed by atoms with Crippen molar-refractivity contribution in [1.82, 2.24) is 14.9 Å². The number of fused-ring (bicyclic) bond motifs is 1. The largest absolute Gasteiger partial charge is 0.508 e. The monoisotopic (exact) mass is 493 g/mol. The number of phenols is 1. The van der Waals surface area contributed by atoms with Crippen molar-refractivity contribution in [1.29, 1.82) is 0 Å². The molecule has 176 valence electrons. The Kier molecular flexibility index (Phi) is 6.09. The van der Waals surface area contributed by atoms with E-state index in [1.807, 2.05) is 12.1 Å². The van der Waals surface area contributed by atoms with Gasteiger partial charge in [0.25, 0.3) is 0 Å². The van der Waals surface area contributed by atoms with Gasteiger partial charge < -0.3 is 19.6 Å². The molecule has 5 heterocycles. The SMILES string of the molecule is Oc1ccc(N2CCN(c3nc(CN4CCOCC4)nc4scc(-c5cccs5)c34)CC2)cc1. The lowest BCUT2D eigenvalue weighted by Crippen LogP contribution is -2.47. The molecule has 1 N–H and O–H groups in total. The number of morpholine rings is 1. The molecule has 0 aliphatic carbocycles. The first-order valence-electron chi connectivity index (χ1n) is 11.7. The molecule has 0 bridgehead atoms. The van der Waals surface area contributed by atoms with Crippen molar-refractivity contribution >= 4 is 44.4 Å². The van der Waals surface area contributed by atoms with E-state index < -0.39 is 0 Å². The number of hydrogen-bond donors (Lipinski definition) is 1. The number of thiophene rings is 2. The third-order valence-corrected chi connectivity index (χ3v) is 8.29. The Morgan fingerprint density at radius 2 is 1.65 bits per heavy atom. The fourth-order valence-corrected chi connectivity index (χ4v) is 6.45. The van der Waals surface area contributed by atoms with Crippen LogP contribution in [0.2, 0.25) is 0 Å². The lowest BCUT2D eigenvalue weighted by molar-refractivity contribution is 0.0331. The van der Waals surface area contributed by atoms with Gasteiger partial charge in [0.1, 0.15) is 22.2 Å². The Hall–Kier alpha value is -2.72. The Morgan fingerprint density at radius 3 is 2.38 bits per heavy atom. The number of nitrogens with zero attached hydrogens (tertiary/aromatic N) is 5. The number of ether oxygens (including phenoxy) is 1. The van der Waals surface area contributed by atoms with Gasteiger partial charge in [-0.15, -0.1) is 22.7 Å². The van der Waals surface area contributed by atoms with Crippen LogP contribution < -0.4 is 9.80 Å². The molecule has 2 aliphatic rings. The second-order valence-corrected chi connectivity index (χ2v) is 10.5. The van der Waals surface area contributed by atoms with Crippen molar-refractivity contribution in [3.8, 4) is 16.2 Å². The summed E-state index contributed by atoms with van der Waals surface area (Å²) in [6, 6.07) is 11.8. The first-order valence-corrected chi connectivity index (χ1v) is 13.4. The Morgan fingerprint density at radius 1 is 0.882 bits per heavy atom. The second-order valence-electron chi connectivity index (χ2n) is 8.65. The van der Waals surface area contributed by atoms with Crippen LogP contribution in [-0.4, -0.2) is 72.5 Å². The van der Waals surface area contributed by atoms with Gasteiger partial charge in [-0.05, 0) is 35.7 Å². The van der Waals surface area contributed by atoms with Gasteiger partial charge in [-0.1, -0.05) is 6.07 Å². The van der Waals surface area contributed by atoms with Crippen LogP contribution in [0, 0.1) is 0 Å². The van der Waals surface area contributed by atoms with Gasteiger partial charge in [-0.25, -0.2) is 9.97 Å². The third kappa shape index (κ3) is 4.36. The molecule has 9 heteroatoms. The summed E-state index contributed by atoms with van der Waals surface area (Å²) in [6.45, 7) is 7.76. The molecule has 3 aromatic heterocycles. The molecule has 2 aliphatic heterocycles. The number of aromatic nitrogens is 2. The summed E-state index contributed by atoms with van der Waals surface area (Å²) in [7, 11) is 0. The van der Waals surface area contributed by atoms with Crippen LogP contribution in [0.4, 0.5) is 11.5 Å². The topological polar surface area (TPSA) is 65.0 Å². The molecular weight excluding hydrogens is 466 g/mol. The number of piperazine rings is 1. The predicted molar refractivity (Wildman–Crippen MR) is 139 cm³/mol. The van der Waals surface area contributed by atoms with Crippen LogP contribution in [0.1, 0.15) is 5.82 Å². The summed E-state index contributed by atoms with van der Waals surface area (Å²) in [6.07, 6.45) is 0. The lowest BCUT2D eigenvalue weighted by Gasteiger charge is -2.37. The number of rotatable bonds is 5. The summed E-state index contributed by atoms with van der Waals surface area (Å²) in [5.74, 6) is 2.25. The summed E-state index contributed by atoms with van der Waals surface area (Å²) in [5.41, 5.74) is 2.39. The first kappa shape index (κ1) is 21.8. The maximum absolute atomic E-state index is 9.62. The van der Waals surface area contributed by atoms with Gasteiger partial charge in [0, 0.05) is 60.8 Å². The van der Waals surface area contributed by atoms with Gasteiger partial charge in [0.15, 0.2) is 0 Å². The smallest absolute Gasteiger partial charge is 0.146 e. The number of benzene rings is 1. The Bertz CT molecular complexity index is 1240. The summed E-state index contributed by atoms with van der Waals surface area (Å²) < 4.78 is 5.52. The van der Waals surface area contributed by atoms with Crippen LogP contribution in [0.15, 0.2) is 47.2 Å². The Labute approximate surface area is 206 Å². The molecule has 0 amide bonds. The van der Waals surface area contributed by atoms with Gasteiger partial charge in [0.2, 0.25) is 0 Å². The van der Waals surface area contributed by atoms with Crippen molar-refractivity contribution < 1.29 is 9.84 Å². The van der Waals surface area contributed by atoms with Crippen molar-refractivity contribution in [3.05, 3.63) is 53.0 Å². The van der Waals surface area contributed by atoms with Crippen LogP contribution in [0.25, 0.3) is 20.7 Å². The predicted octanol–water partition coefficient (Wildman–Crippen LogP) is 4.28. The van der Waals surface area contributed by atoms with E-state index in [2.05, 4.69) is 37.6 Å². The lowest BCUT2D eigenvalue weighted by atomic mass is 10.1. The summed E-state index contributed by atoms with van der Waals surface area (Å²) >= 11 is 3.48. The van der Waals surface area contributed by atoms with Gasteiger partial charge in [-0.2, -0.15) is 0 Å². The van der Waals surface area contributed by atoms with E-state index in [0.29, 0.717) is 5.75 Å². The van der Waals surface area contributed by atoms with E-state index in [4.69, 9.17) is 14.7 Å². The van der Waals surface area contributed by atoms with Gasteiger partial charge in [0.05, 0.1) is 25.1 Å². The number of phenolic OH excluding ortho intramolecular Hbond substituents is 1. The van der Waals surface area contributed by atoms with E-state index in [9.17, 15) is 5.11 Å². The van der Waals surface area contributed by atoms with E-state index >= 15 is 0 Å². The van der Waals surface area contributed by atoms with Crippen LogP contribution in [0.3, 0.4) is 0 Å². The van der Waals surface area contributed by atoms with Crippen molar-refractivity contribution in [3.63, 3.8) is 0 Å². The molecular formula is C25H27N5O2S2. The second kappa shape index (κ2) is 9.50. The number of anilines is 2. The highest BCUT2D eigenvalue weighted by molar-refractivity contribution is 7.18. The number of hydrogen-bond acceptors (Lipinski definition) is 9. The van der Waals surface area contributed by atoms with E-state index in [1.54, 1.807) is 34.8 Å². The molecule has 2 saturated heterocycles. The molecule has 34 heavy (non-hydrogen) atoms. The van der Waals surface area contributed by atoms with Crippen molar-refractivity contribution in [2.24, 2.45) is 0 Å².